The van der Waals surface area contributed by atoms with Crippen LogP contribution in [-0.2, 0) is 6.42 Å². The molecule has 0 unspecified atom stereocenters. The average molecular weight is 397 g/mol. The van der Waals surface area contributed by atoms with E-state index in [0.29, 0.717) is 12.3 Å². The molecular formula is C23H32N4O2. The second-order valence-corrected chi connectivity index (χ2v) is 7.46. The van der Waals surface area contributed by atoms with Crippen molar-refractivity contribution in [1.82, 2.24) is 4.90 Å². The number of rotatable bonds is 9. The first-order valence-corrected chi connectivity index (χ1v) is 10.5. The molecule has 2 aromatic carbocycles. The van der Waals surface area contributed by atoms with E-state index in [4.69, 9.17) is 10.5 Å². The highest BCUT2D eigenvalue weighted by Crippen LogP contribution is 2.19. The van der Waals surface area contributed by atoms with Crippen LogP contribution < -0.4 is 20.7 Å². The third-order valence-electron chi connectivity index (χ3n) is 5.22. The predicted octanol–water partition coefficient (Wildman–Crippen LogP) is 3.72. The van der Waals surface area contributed by atoms with E-state index in [1.54, 1.807) is 12.1 Å². The SMILES string of the molecule is CCCc1ccc(N2CCN(CCCOc3ccc(NC(N)=O)cc3)CC2)cc1. The number of amides is 2. The van der Waals surface area contributed by atoms with Crippen molar-refractivity contribution in [2.45, 2.75) is 26.2 Å². The molecule has 0 spiro atoms. The summed E-state index contributed by atoms with van der Waals surface area (Å²) in [6, 6.07) is 15.7. The zero-order valence-corrected chi connectivity index (χ0v) is 17.3. The molecule has 1 aliphatic rings. The quantitative estimate of drug-likeness (QED) is 0.634. The molecule has 0 bridgehead atoms. The molecular weight excluding hydrogens is 364 g/mol. The van der Waals surface area contributed by atoms with Crippen molar-refractivity contribution in [3.8, 4) is 5.75 Å². The van der Waals surface area contributed by atoms with Gasteiger partial charge in [0.1, 0.15) is 5.75 Å². The summed E-state index contributed by atoms with van der Waals surface area (Å²) in [5, 5.41) is 2.54. The Kier molecular flexibility index (Phi) is 7.76. The molecule has 156 valence electrons. The Balaban J connectivity index is 1.33. The number of carbonyl (C=O) groups is 1. The molecule has 0 saturated carbocycles. The van der Waals surface area contributed by atoms with Crippen LogP contribution in [0.3, 0.4) is 0 Å². The summed E-state index contributed by atoms with van der Waals surface area (Å²) in [7, 11) is 0. The average Bonchev–Trinajstić information content (AvgIpc) is 2.73. The summed E-state index contributed by atoms with van der Waals surface area (Å²) < 4.78 is 5.80. The van der Waals surface area contributed by atoms with Gasteiger partial charge in [-0.25, -0.2) is 4.79 Å². The van der Waals surface area contributed by atoms with Crippen molar-refractivity contribution in [2.24, 2.45) is 5.73 Å². The van der Waals surface area contributed by atoms with Crippen molar-refractivity contribution >= 4 is 17.4 Å². The van der Waals surface area contributed by atoms with Gasteiger partial charge >= 0.3 is 6.03 Å². The number of nitrogens with zero attached hydrogens (tertiary/aromatic N) is 2. The molecule has 2 amide bonds. The molecule has 6 heteroatoms. The fourth-order valence-electron chi connectivity index (χ4n) is 3.65. The van der Waals surface area contributed by atoms with E-state index >= 15 is 0 Å². The lowest BCUT2D eigenvalue weighted by atomic mass is 10.1. The van der Waals surface area contributed by atoms with E-state index in [-0.39, 0.29) is 0 Å². The van der Waals surface area contributed by atoms with Gasteiger partial charge in [-0.1, -0.05) is 25.5 Å². The Morgan fingerprint density at radius 2 is 1.72 bits per heavy atom. The Morgan fingerprint density at radius 3 is 2.34 bits per heavy atom. The summed E-state index contributed by atoms with van der Waals surface area (Å²) in [5.41, 5.74) is 8.53. The highest BCUT2D eigenvalue weighted by Gasteiger charge is 2.16. The normalized spacial score (nSPS) is 14.6. The molecule has 1 fully saturated rings. The van der Waals surface area contributed by atoms with Crippen LogP contribution in [0.1, 0.15) is 25.3 Å². The molecule has 0 aliphatic carbocycles. The molecule has 1 saturated heterocycles. The van der Waals surface area contributed by atoms with Crippen LogP contribution in [-0.4, -0.2) is 50.3 Å². The first-order valence-electron chi connectivity index (χ1n) is 10.5. The third-order valence-corrected chi connectivity index (χ3v) is 5.22. The van der Waals surface area contributed by atoms with Crippen LogP contribution >= 0.6 is 0 Å². The molecule has 0 aromatic heterocycles. The van der Waals surface area contributed by atoms with E-state index in [2.05, 4.69) is 46.3 Å². The van der Waals surface area contributed by atoms with Gasteiger partial charge in [-0.2, -0.15) is 0 Å². The van der Waals surface area contributed by atoms with Crippen LogP contribution in [0.15, 0.2) is 48.5 Å². The number of hydrogen-bond donors (Lipinski definition) is 2. The maximum absolute atomic E-state index is 10.8. The molecule has 3 rings (SSSR count). The summed E-state index contributed by atoms with van der Waals surface area (Å²) in [6.45, 7) is 8.27. The lowest BCUT2D eigenvalue weighted by molar-refractivity contribution is 0.225. The maximum Gasteiger partial charge on any atom is 0.316 e. The molecule has 0 atom stereocenters. The smallest absolute Gasteiger partial charge is 0.316 e. The number of primary amides is 1. The van der Waals surface area contributed by atoms with E-state index in [0.717, 1.165) is 51.3 Å². The number of anilines is 2. The number of ether oxygens (including phenoxy) is 1. The molecule has 1 heterocycles. The number of nitrogens with two attached hydrogens (primary N) is 1. The second-order valence-electron chi connectivity index (χ2n) is 7.46. The van der Waals surface area contributed by atoms with Gasteiger partial charge in [0.15, 0.2) is 0 Å². The Bertz CT molecular complexity index is 753. The Hall–Kier alpha value is -2.73. The number of piperazine rings is 1. The maximum atomic E-state index is 10.8. The van der Waals surface area contributed by atoms with E-state index in [1.165, 1.54) is 17.7 Å². The summed E-state index contributed by atoms with van der Waals surface area (Å²) >= 11 is 0. The zero-order chi connectivity index (χ0) is 20.5. The van der Waals surface area contributed by atoms with E-state index in [9.17, 15) is 4.79 Å². The number of carbonyl (C=O) groups excluding carboxylic acids is 1. The largest absolute Gasteiger partial charge is 0.494 e. The first kappa shape index (κ1) is 21.0. The van der Waals surface area contributed by atoms with Gasteiger partial charge in [0.25, 0.3) is 0 Å². The van der Waals surface area contributed by atoms with E-state index in [1.807, 2.05) is 12.1 Å². The third kappa shape index (κ3) is 6.68. The lowest BCUT2D eigenvalue weighted by Gasteiger charge is -2.36. The van der Waals surface area contributed by atoms with Gasteiger partial charge in [-0.3, -0.25) is 4.90 Å². The van der Waals surface area contributed by atoms with Crippen LogP contribution in [0.25, 0.3) is 0 Å². The minimum absolute atomic E-state index is 0.563. The molecule has 29 heavy (non-hydrogen) atoms. The molecule has 3 N–H and O–H groups in total. The molecule has 6 nitrogen and oxygen atoms in total. The van der Waals surface area contributed by atoms with Gasteiger partial charge < -0.3 is 20.7 Å². The van der Waals surface area contributed by atoms with Gasteiger partial charge in [0, 0.05) is 44.1 Å². The van der Waals surface area contributed by atoms with Crippen LogP contribution in [0.4, 0.5) is 16.2 Å². The molecule has 0 radical (unpaired) electrons. The van der Waals surface area contributed by atoms with Crippen LogP contribution in [0, 0.1) is 0 Å². The Labute approximate surface area is 173 Å². The fourth-order valence-corrected chi connectivity index (χ4v) is 3.65. The van der Waals surface area contributed by atoms with Crippen molar-refractivity contribution in [3.63, 3.8) is 0 Å². The number of benzene rings is 2. The molecule has 2 aromatic rings. The number of hydrogen-bond acceptors (Lipinski definition) is 4. The fraction of sp³-hybridized carbons (Fsp3) is 0.435. The first-order chi connectivity index (χ1) is 14.1. The summed E-state index contributed by atoms with van der Waals surface area (Å²) in [6.07, 6.45) is 3.34. The topological polar surface area (TPSA) is 70.8 Å². The van der Waals surface area contributed by atoms with Gasteiger partial charge in [0.2, 0.25) is 0 Å². The summed E-state index contributed by atoms with van der Waals surface area (Å²) in [5.74, 6) is 0.802. The standard InChI is InChI=1S/C23H32N4O2/c1-2-4-19-5-9-21(10-6-19)27-16-14-26(15-17-27)13-3-18-29-22-11-7-20(8-12-22)25-23(24)28/h5-12H,2-4,13-18H2,1H3,(H3,24,25,28). The summed E-state index contributed by atoms with van der Waals surface area (Å²) in [4.78, 5) is 15.8. The van der Waals surface area contributed by atoms with Crippen molar-refractivity contribution in [3.05, 3.63) is 54.1 Å². The van der Waals surface area contributed by atoms with Crippen molar-refractivity contribution in [1.29, 1.82) is 0 Å². The van der Waals surface area contributed by atoms with Gasteiger partial charge in [0.05, 0.1) is 6.61 Å². The van der Waals surface area contributed by atoms with Crippen molar-refractivity contribution in [2.75, 3.05) is 49.5 Å². The number of aryl methyl sites for hydroxylation is 1. The minimum Gasteiger partial charge on any atom is -0.494 e. The minimum atomic E-state index is -0.563. The number of nitrogens with one attached hydrogen (secondary N) is 1. The Morgan fingerprint density at radius 1 is 1.03 bits per heavy atom. The van der Waals surface area contributed by atoms with Crippen molar-refractivity contribution < 1.29 is 9.53 Å². The highest BCUT2D eigenvalue weighted by atomic mass is 16.5. The highest BCUT2D eigenvalue weighted by molar-refractivity contribution is 5.87. The van der Waals surface area contributed by atoms with Gasteiger partial charge in [-0.15, -0.1) is 0 Å². The number of urea groups is 1. The van der Waals surface area contributed by atoms with E-state index < -0.39 is 6.03 Å². The van der Waals surface area contributed by atoms with Crippen LogP contribution in [0.5, 0.6) is 5.75 Å². The molecule has 1 aliphatic heterocycles. The predicted molar refractivity (Wildman–Crippen MR) is 119 cm³/mol. The zero-order valence-electron chi connectivity index (χ0n) is 17.3. The second kappa shape index (κ2) is 10.7. The monoisotopic (exact) mass is 396 g/mol. The van der Waals surface area contributed by atoms with Gasteiger partial charge in [-0.05, 0) is 54.8 Å². The van der Waals surface area contributed by atoms with Crippen LogP contribution in [0.2, 0.25) is 0 Å². The lowest BCUT2D eigenvalue weighted by Crippen LogP contribution is -2.46.